The van der Waals surface area contributed by atoms with Gasteiger partial charge in [0.25, 0.3) is 0 Å². The number of hydrogen-bond acceptors (Lipinski definition) is 6. The molecular formula is C28H40O6. The highest BCUT2D eigenvalue weighted by Gasteiger charge is 2.70. The second kappa shape index (κ2) is 8.91. The number of carbonyl (C=O) groups excluding carboxylic acids is 4. The summed E-state index contributed by atoms with van der Waals surface area (Å²) in [4.78, 5) is 50.4. The van der Waals surface area contributed by atoms with Gasteiger partial charge in [-0.2, -0.15) is 0 Å². The van der Waals surface area contributed by atoms with Gasteiger partial charge in [-0.1, -0.05) is 46.3 Å². The lowest BCUT2D eigenvalue weighted by atomic mass is 9.48. The van der Waals surface area contributed by atoms with Crippen molar-refractivity contribution < 1.29 is 28.7 Å². The lowest BCUT2D eigenvalue weighted by Gasteiger charge is -2.57. The number of ether oxygens (including phenoxy) is 2. The third-order valence-corrected chi connectivity index (χ3v) is 10.0. The molecule has 0 aliphatic heterocycles. The van der Waals surface area contributed by atoms with E-state index in [0.717, 1.165) is 25.7 Å². The zero-order valence-corrected chi connectivity index (χ0v) is 21.4. The fourth-order valence-corrected chi connectivity index (χ4v) is 8.12. The summed E-state index contributed by atoms with van der Waals surface area (Å²) in [6, 6.07) is 0. The van der Waals surface area contributed by atoms with E-state index in [-0.39, 0.29) is 48.5 Å². The molecule has 4 aliphatic carbocycles. The molecule has 0 bridgehead atoms. The minimum absolute atomic E-state index is 0.0351. The van der Waals surface area contributed by atoms with Crippen LogP contribution in [0.25, 0.3) is 0 Å². The highest BCUT2D eigenvalue weighted by Crippen LogP contribution is 2.68. The maximum Gasteiger partial charge on any atom is 0.306 e. The normalized spacial score (nSPS) is 41.0. The smallest absolute Gasteiger partial charge is 0.306 e. The van der Waals surface area contributed by atoms with Crippen LogP contribution >= 0.6 is 0 Å². The van der Waals surface area contributed by atoms with Gasteiger partial charge < -0.3 is 9.47 Å². The summed E-state index contributed by atoms with van der Waals surface area (Å²) in [6.07, 6.45) is 8.40. The SMILES string of the molecule is CCC(=O)OCC(=O)[C@]1(OC(=O)CC)[C@H](C)C[C@H]2[C@@H]3CC[C@H]4CC(=O)CC[C@]4(C)C3=CC[C@@]21C. The second-order valence-corrected chi connectivity index (χ2v) is 11.6. The molecule has 0 unspecified atom stereocenters. The van der Waals surface area contributed by atoms with E-state index in [1.54, 1.807) is 13.8 Å². The number of carbonyl (C=O) groups is 4. The predicted octanol–water partition coefficient (Wildman–Crippen LogP) is 4.98. The monoisotopic (exact) mass is 472 g/mol. The van der Waals surface area contributed by atoms with Crippen molar-refractivity contribution in [3.8, 4) is 0 Å². The van der Waals surface area contributed by atoms with E-state index >= 15 is 0 Å². The Balaban J connectivity index is 1.73. The number of allylic oxidation sites excluding steroid dienone is 2. The van der Waals surface area contributed by atoms with Crippen molar-refractivity contribution in [2.75, 3.05) is 6.61 Å². The Morgan fingerprint density at radius 3 is 2.47 bits per heavy atom. The molecule has 3 fully saturated rings. The van der Waals surface area contributed by atoms with Crippen molar-refractivity contribution in [2.24, 2.45) is 34.5 Å². The van der Waals surface area contributed by atoms with Gasteiger partial charge >= 0.3 is 11.9 Å². The third kappa shape index (κ3) is 3.58. The lowest BCUT2D eigenvalue weighted by Crippen LogP contribution is -2.60. The van der Waals surface area contributed by atoms with E-state index < -0.39 is 17.0 Å². The van der Waals surface area contributed by atoms with Gasteiger partial charge in [-0.05, 0) is 55.3 Å². The van der Waals surface area contributed by atoms with Crippen molar-refractivity contribution in [1.29, 1.82) is 0 Å². The fourth-order valence-electron chi connectivity index (χ4n) is 8.12. The molecule has 0 heterocycles. The van der Waals surface area contributed by atoms with Crippen molar-refractivity contribution >= 4 is 23.5 Å². The second-order valence-electron chi connectivity index (χ2n) is 11.6. The van der Waals surface area contributed by atoms with E-state index in [1.165, 1.54) is 5.57 Å². The van der Waals surface area contributed by atoms with Gasteiger partial charge in [0.15, 0.2) is 12.2 Å². The van der Waals surface area contributed by atoms with Crippen LogP contribution in [0.15, 0.2) is 11.6 Å². The molecule has 0 spiro atoms. The van der Waals surface area contributed by atoms with Gasteiger partial charge in [0.2, 0.25) is 5.78 Å². The molecule has 0 aromatic rings. The van der Waals surface area contributed by atoms with Crippen LogP contribution in [-0.2, 0) is 28.7 Å². The summed E-state index contributed by atoms with van der Waals surface area (Å²) in [5.74, 6) is 0.0242. The lowest BCUT2D eigenvalue weighted by molar-refractivity contribution is -0.192. The Morgan fingerprint density at radius 1 is 1.09 bits per heavy atom. The van der Waals surface area contributed by atoms with Crippen molar-refractivity contribution in [3.63, 3.8) is 0 Å². The maximum absolute atomic E-state index is 13.8. The fraction of sp³-hybridized carbons (Fsp3) is 0.786. The Hall–Kier alpha value is -1.98. The number of hydrogen-bond donors (Lipinski definition) is 0. The quantitative estimate of drug-likeness (QED) is 0.400. The predicted molar refractivity (Wildman–Crippen MR) is 127 cm³/mol. The van der Waals surface area contributed by atoms with Crippen LogP contribution in [0.3, 0.4) is 0 Å². The van der Waals surface area contributed by atoms with Gasteiger partial charge in [-0.25, -0.2) is 0 Å². The molecule has 0 saturated heterocycles. The van der Waals surface area contributed by atoms with Crippen LogP contribution in [-0.4, -0.2) is 35.7 Å². The molecule has 0 aromatic carbocycles. The van der Waals surface area contributed by atoms with Crippen LogP contribution in [0.5, 0.6) is 0 Å². The van der Waals surface area contributed by atoms with Crippen LogP contribution < -0.4 is 0 Å². The van der Waals surface area contributed by atoms with E-state index in [9.17, 15) is 19.2 Å². The first kappa shape index (κ1) is 25.1. The van der Waals surface area contributed by atoms with Gasteiger partial charge in [0.05, 0.1) is 0 Å². The Labute approximate surface area is 203 Å². The highest BCUT2D eigenvalue weighted by atomic mass is 16.6. The first-order valence-electron chi connectivity index (χ1n) is 13.2. The van der Waals surface area contributed by atoms with Crippen LogP contribution in [0.4, 0.5) is 0 Å². The van der Waals surface area contributed by atoms with Crippen LogP contribution in [0.1, 0.15) is 92.4 Å². The minimum atomic E-state index is -1.30. The summed E-state index contributed by atoms with van der Waals surface area (Å²) in [5, 5.41) is 0. The first-order chi connectivity index (χ1) is 16.0. The van der Waals surface area contributed by atoms with E-state index in [0.29, 0.717) is 36.9 Å². The largest absolute Gasteiger partial charge is 0.457 e. The van der Waals surface area contributed by atoms with E-state index in [2.05, 4.69) is 19.9 Å². The van der Waals surface area contributed by atoms with E-state index in [4.69, 9.17) is 9.47 Å². The molecule has 188 valence electrons. The number of fused-ring (bicyclic) bond motifs is 5. The average Bonchev–Trinajstić information content (AvgIpc) is 3.04. The topological polar surface area (TPSA) is 86.7 Å². The Bertz CT molecular complexity index is 920. The summed E-state index contributed by atoms with van der Waals surface area (Å²) in [7, 11) is 0. The molecule has 7 atom stereocenters. The molecule has 0 amide bonds. The van der Waals surface area contributed by atoms with Gasteiger partial charge in [0.1, 0.15) is 5.78 Å². The van der Waals surface area contributed by atoms with Gasteiger partial charge in [0, 0.05) is 37.0 Å². The zero-order chi connectivity index (χ0) is 24.9. The minimum Gasteiger partial charge on any atom is -0.457 e. The van der Waals surface area contributed by atoms with Gasteiger partial charge in [-0.3, -0.25) is 19.2 Å². The molecular weight excluding hydrogens is 432 g/mol. The van der Waals surface area contributed by atoms with Crippen LogP contribution in [0, 0.1) is 34.5 Å². The molecule has 6 nitrogen and oxygen atoms in total. The molecule has 4 rings (SSSR count). The third-order valence-electron chi connectivity index (χ3n) is 10.0. The highest BCUT2D eigenvalue weighted by molar-refractivity contribution is 5.93. The standard InChI is InChI=1S/C28H40O6/c1-6-24(31)33-16-23(30)28(34-25(32)7-2)17(3)14-22-20-9-8-18-15-19(29)10-12-26(18,4)21(20)11-13-27(22,28)5/h11,17-18,20,22H,6-10,12-16H2,1-5H3/t17-,18+,20-,22+,26+,27+,28-/m1/s1. The molecule has 0 N–H and O–H groups in total. The molecule has 34 heavy (non-hydrogen) atoms. The van der Waals surface area contributed by atoms with Crippen molar-refractivity contribution in [3.05, 3.63) is 11.6 Å². The maximum atomic E-state index is 13.8. The molecule has 4 aliphatic rings. The van der Waals surface area contributed by atoms with Gasteiger partial charge in [-0.15, -0.1) is 0 Å². The summed E-state index contributed by atoms with van der Waals surface area (Å²) >= 11 is 0. The number of Topliss-reactive ketones (excluding diaryl/α,β-unsaturated/α-hetero) is 2. The molecule has 6 heteroatoms. The van der Waals surface area contributed by atoms with Crippen LogP contribution in [0.2, 0.25) is 0 Å². The molecule has 3 saturated carbocycles. The van der Waals surface area contributed by atoms with Crippen molar-refractivity contribution in [1.82, 2.24) is 0 Å². The number of rotatable bonds is 6. The van der Waals surface area contributed by atoms with Crippen molar-refractivity contribution in [2.45, 2.75) is 98.0 Å². The molecule has 0 aromatic heterocycles. The Kier molecular flexibility index (Phi) is 6.58. The van der Waals surface area contributed by atoms with E-state index in [1.807, 2.05) is 6.92 Å². The average molecular weight is 473 g/mol. The number of esters is 2. The summed E-state index contributed by atoms with van der Waals surface area (Å²) in [6.45, 7) is 9.53. The molecule has 0 radical (unpaired) electrons. The summed E-state index contributed by atoms with van der Waals surface area (Å²) < 4.78 is 11.4. The Morgan fingerprint density at radius 2 is 1.79 bits per heavy atom. The first-order valence-corrected chi connectivity index (χ1v) is 13.2. The zero-order valence-electron chi connectivity index (χ0n) is 21.4. The number of ketones is 2. The summed E-state index contributed by atoms with van der Waals surface area (Å²) in [5.41, 5.74) is -0.364.